The minimum atomic E-state index is -0.865. The number of carbonyl (C=O) groups excluding carboxylic acids is 1. The number of nitrogens with zero attached hydrogens (tertiary/aromatic N) is 1. The highest BCUT2D eigenvalue weighted by atomic mass is 16.3. The van der Waals surface area contributed by atoms with Crippen molar-refractivity contribution in [3.05, 3.63) is 30.1 Å². The molecule has 0 aliphatic carbocycles. The lowest BCUT2D eigenvalue weighted by Crippen LogP contribution is -2.44. The van der Waals surface area contributed by atoms with Gasteiger partial charge in [0.2, 0.25) is 0 Å². The standard InChI is InChI=1S/C15H25N3O2/c1-12(2)6-7-15(3,20)11-18-14(19)17-10-13-5-4-8-16-9-13/h4-5,8-9,12,20H,6-7,10-11H2,1-3H3,(H2,17,18,19)/t15-/m0/s1. The quantitative estimate of drug-likeness (QED) is 0.715. The average Bonchev–Trinajstić information content (AvgIpc) is 2.42. The Morgan fingerprint density at radius 2 is 2.20 bits per heavy atom. The number of hydrogen-bond donors (Lipinski definition) is 3. The molecule has 5 heteroatoms. The molecule has 0 aliphatic rings. The first-order chi connectivity index (χ1) is 9.39. The van der Waals surface area contributed by atoms with Crippen LogP contribution in [0.25, 0.3) is 0 Å². The van der Waals surface area contributed by atoms with Crippen molar-refractivity contribution < 1.29 is 9.90 Å². The van der Waals surface area contributed by atoms with Gasteiger partial charge in [0.15, 0.2) is 0 Å². The Balaban J connectivity index is 2.25. The molecule has 0 spiro atoms. The summed E-state index contributed by atoms with van der Waals surface area (Å²) in [6, 6.07) is 3.44. The van der Waals surface area contributed by atoms with E-state index >= 15 is 0 Å². The van der Waals surface area contributed by atoms with Crippen LogP contribution >= 0.6 is 0 Å². The summed E-state index contributed by atoms with van der Waals surface area (Å²) in [7, 11) is 0. The van der Waals surface area contributed by atoms with Gasteiger partial charge in [-0.2, -0.15) is 0 Å². The van der Waals surface area contributed by atoms with E-state index in [-0.39, 0.29) is 12.6 Å². The van der Waals surface area contributed by atoms with Gasteiger partial charge < -0.3 is 15.7 Å². The zero-order valence-electron chi connectivity index (χ0n) is 12.5. The van der Waals surface area contributed by atoms with E-state index in [1.165, 1.54) is 0 Å². The number of amides is 2. The number of carbonyl (C=O) groups is 1. The lowest BCUT2D eigenvalue weighted by Gasteiger charge is -2.24. The first-order valence-electron chi connectivity index (χ1n) is 7.02. The molecule has 0 unspecified atom stereocenters. The molecule has 0 fully saturated rings. The highest BCUT2D eigenvalue weighted by Crippen LogP contribution is 2.15. The second-order valence-corrected chi connectivity index (χ2v) is 5.83. The summed E-state index contributed by atoms with van der Waals surface area (Å²) >= 11 is 0. The zero-order valence-corrected chi connectivity index (χ0v) is 12.5. The van der Waals surface area contributed by atoms with Gasteiger partial charge in [-0.3, -0.25) is 4.98 Å². The van der Waals surface area contributed by atoms with E-state index < -0.39 is 5.60 Å². The minimum Gasteiger partial charge on any atom is -0.388 e. The Bertz CT molecular complexity index is 405. The molecule has 2 amide bonds. The first-order valence-corrected chi connectivity index (χ1v) is 7.02. The lowest BCUT2D eigenvalue weighted by atomic mass is 9.95. The molecule has 0 bridgehead atoms. The molecule has 1 aromatic heterocycles. The third-order valence-corrected chi connectivity index (χ3v) is 3.07. The minimum absolute atomic E-state index is 0.249. The highest BCUT2D eigenvalue weighted by Gasteiger charge is 2.21. The van der Waals surface area contributed by atoms with E-state index in [4.69, 9.17) is 0 Å². The lowest BCUT2D eigenvalue weighted by molar-refractivity contribution is 0.0476. The molecule has 1 heterocycles. The number of aromatic nitrogens is 1. The predicted molar refractivity (Wildman–Crippen MR) is 79.2 cm³/mol. The SMILES string of the molecule is CC(C)CC[C@](C)(O)CNC(=O)NCc1cccnc1. The Hall–Kier alpha value is -1.62. The summed E-state index contributed by atoms with van der Waals surface area (Å²) in [5.41, 5.74) is 0.0739. The van der Waals surface area contributed by atoms with Crippen LogP contribution in [-0.2, 0) is 6.54 Å². The fourth-order valence-electron chi connectivity index (χ4n) is 1.71. The van der Waals surface area contributed by atoms with E-state index in [2.05, 4.69) is 29.5 Å². The summed E-state index contributed by atoms with van der Waals surface area (Å²) in [6.45, 7) is 6.65. The monoisotopic (exact) mass is 279 g/mol. The molecular formula is C15H25N3O2. The number of pyridine rings is 1. The summed E-state index contributed by atoms with van der Waals surface area (Å²) < 4.78 is 0. The van der Waals surface area contributed by atoms with Gasteiger partial charge in [0.05, 0.1) is 5.60 Å². The molecule has 0 saturated carbocycles. The Kier molecular flexibility index (Phi) is 6.45. The van der Waals surface area contributed by atoms with Crippen molar-refractivity contribution in [2.45, 2.75) is 45.8 Å². The number of aliphatic hydroxyl groups is 1. The van der Waals surface area contributed by atoms with Crippen molar-refractivity contribution in [3.63, 3.8) is 0 Å². The Morgan fingerprint density at radius 1 is 1.45 bits per heavy atom. The molecule has 1 rings (SSSR count). The third-order valence-electron chi connectivity index (χ3n) is 3.07. The fraction of sp³-hybridized carbons (Fsp3) is 0.600. The van der Waals surface area contributed by atoms with Gasteiger partial charge in [-0.05, 0) is 37.3 Å². The molecule has 3 N–H and O–H groups in total. The van der Waals surface area contributed by atoms with Crippen LogP contribution in [0.3, 0.4) is 0 Å². The van der Waals surface area contributed by atoms with Gasteiger partial charge in [0.1, 0.15) is 0 Å². The summed E-state index contributed by atoms with van der Waals surface area (Å²) in [6.07, 6.45) is 5.01. The van der Waals surface area contributed by atoms with E-state index in [0.29, 0.717) is 18.9 Å². The van der Waals surface area contributed by atoms with E-state index in [0.717, 1.165) is 12.0 Å². The van der Waals surface area contributed by atoms with Gasteiger partial charge in [0, 0.05) is 25.5 Å². The first kappa shape index (κ1) is 16.4. The van der Waals surface area contributed by atoms with Crippen LogP contribution in [0, 0.1) is 5.92 Å². The van der Waals surface area contributed by atoms with Crippen LogP contribution in [0.2, 0.25) is 0 Å². The van der Waals surface area contributed by atoms with Gasteiger partial charge in [-0.15, -0.1) is 0 Å². The van der Waals surface area contributed by atoms with Crippen molar-refractivity contribution in [3.8, 4) is 0 Å². The van der Waals surface area contributed by atoms with Gasteiger partial charge in [-0.1, -0.05) is 19.9 Å². The van der Waals surface area contributed by atoms with Crippen molar-refractivity contribution in [1.29, 1.82) is 0 Å². The molecule has 1 aromatic rings. The second kappa shape index (κ2) is 7.85. The van der Waals surface area contributed by atoms with Crippen molar-refractivity contribution in [1.82, 2.24) is 15.6 Å². The number of urea groups is 1. The maximum atomic E-state index is 11.6. The van der Waals surface area contributed by atoms with Crippen LogP contribution in [0.4, 0.5) is 4.79 Å². The smallest absolute Gasteiger partial charge is 0.315 e. The second-order valence-electron chi connectivity index (χ2n) is 5.83. The van der Waals surface area contributed by atoms with Crippen LogP contribution < -0.4 is 10.6 Å². The van der Waals surface area contributed by atoms with E-state index in [9.17, 15) is 9.90 Å². The van der Waals surface area contributed by atoms with Gasteiger partial charge >= 0.3 is 6.03 Å². The number of nitrogens with one attached hydrogen (secondary N) is 2. The molecule has 1 atom stereocenters. The summed E-state index contributed by atoms with van der Waals surface area (Å²) in [5.74, 6) is 0.542. The molecule has 0 aromatic carbocycles. The summed E-state index contributed by atoms with van der Waals surface area (Å²) in [5, 5.41) is 15.6. The maximum absolute atomic E-state index is 11.6. The van der Waals surface area contributed by atoms with Gasteiger partial charge in [-0.25, -0.2) is 4.79 Å². The van der Waals surface area contributed by atoms with Crippen LogP contribution in [-0.4, -0.2) is 28.3 Å². The van der Waals surface area contributed by atoms with Crippen LogP contribution in [0.15, 0.2) is 24.5 Å². The predicted octanol–water partition coefficient (Wildman–Crippen LogP) is 2.07. The van der Waals surface area contributed by atoms with Crippen molar-refractivity contribution >= 4 is 6.03 Å². The molecule has 0 radical (unpaired) electrons. The fourth-order valence-corrected chi connectivity index (χ4v) is 1.71. The molecule has 5 nitrogen and oxygen atoms in total. The molecule has 112 valence electrons. The largest absolute Gasteiger partial charge is 0.388 e. The normalized spacial score (nSPS) is 13.8. The maximum Gasteiger partial charge on any atom is 0.315 e. The van der Waals surface area contributed by atoms with E-state index in [1.807, 2.05) is 12.1 Å². The topological polar surface area (TPSA) is 74.2 Å². The number of rotatable bonds is 7. The molecule has 0 saturated heterocycles. The average molecular weight is 279 g/mol. The van der Waals surface area contributed by atoms with Crippen LogP contribution in [0.1, 0.15) is 39.2 Å². The Labute approximate surface area is 120 Å². The van der Waals surface area contributed by atoms with Crippen LogP contribution in [0.5, 0.6) is 0 Å². The van der Waals surface area contributed by atoms with E-state index in [1.54, 1.807) is 19.3 Å². The number of hydrogen-bond acceptors (Lipinski definition) is 3. The molecule has 20 heavy (non-hydrogen) atoms. The van der Waals surface area contributed by atoms with Gasteiger partial charge in [0.25, 0.3) is 0 Å². The highest BCUT2D eigenvalue weighted by molar-refractivity contribution is 5.73. The van der Waals surface area contributed by atoms with Crippen molar-refractivity contribution in [2.24, 2.45) is 5.92 Å². The molecular weight excluding hydrogens is 254 g/mol. The Morgan fingerprint density at radius 3 is 2.80 bits per heavy atom. The van der Waals surface area contributed by atoms with Crippen molar-refractivity contribution in [2.75, 3.05) is 6.54 Å². The molecule has 0 aliphatic heterocycles. The third kappa shape index (κ3) is 7.09. The summed E-state index contributed by atoms with van der Waals surface area (Å²) in [4.78, 5) is 15.6. The zero-order chi connectivity index (χ0) is 15.0.